The Kier molecular flexibility index (Phi) is 4.49. The van der Waals surface area contributed by atoms with Gasteiger partial charge in [-0.25, -0.2) is 0 Å². The van der Waals surface area contributed by atoms with E-state index in [2.05, 4.69) is 12.1 Å². The molecule has 0 N–H and O–H groups in total. The second-order valence-electron chi connectivity index (χ2n) is 6.94. The molecule has 0 saturated carbocycles. The van der Waals surface area contributed by atoms with E-state index in [1.165, 1.54) is 0 Å². The number of hydrogen-bond acceptors (Lipinski definition) is 3. The molecule has 1 aliphatic heterocycles. The van der Waals surface area contributed by atoms with E-state index >= 15 is 0 Å². The molecule has 2 aliphatic rings. The summed E-state index contributed by atoms with van der Waals surface area (Å²) in [7, 11) is 0. The molecule has 1 saturated heterocycles. The summed E-state index contributed by atoms with van der Waals surface area (Å²) >= 11 is 0. The van der Waals surface area contributed by atoms with Gasteiger partial charge in [0.15, 0.2) is 11.6 Å². The van der Waals surface area contributed by atoms with Gasteiger partial charge in [-0.2, -0.15) is 0 Å². The Morgan fingerprint density at radius 1 is 1.04 bits per heavy atom. The molecule has 1 atom stereocenters. The Bertz CT molecular complexity index is 655. The number of ether oxygens (including phenoxy) is 1. The van der Waals surface area contributed by atoms with Crippen LogP contribution in [0.25, 0.3) is 0 Å². The second-order valence-corrected chi connectivity index (χ2v) is 6.94. The van der Waals surface area contributed by atoms with Gasteiger partial charge in [0.2, 0.25) is 0 Å². The fourth-order valence-electron chi connectivity index (χ4n) is 3.98. The number of hydrogen-bond donors (Lipinski definition) is 0. The van der Waals surface area contributed by atoms with Crippen LogP contribution in [-0.4, -0.2) is 24.8 Å². The van der Waals surface area contributed by atoms with E-state index in [0.29, 0.717) is 17.9 Å². The van der Waals surface area contributed by atoms with Crippen LogP contribution in [-0.2, 0) is 14.3 Å². The summed E-state index contributed by atoms with van der Waals surface area (Å²) in [6.07, 6.45) is 4.27. The third kappa shape index (κ3) is 3.16. The quantitative estimate of drug-likeness (QED) is 0.801. The normalized spacial score (nSPS) is 22.6. The molecule has 3 heteroatoms. The molecule has 1 aromatic rings. The number of benzene rings is 1. The summed E-state index contributed by atoms with van der Waals surface area (Å²) in [5.41, 5.74) is 4.86. The van der Waals surface area contributed by atoms with Crippen molar-refractivity contribution in [3.63, 3.8) is 0 Å². The van der Waals surface area contributed by atoms with Crippen molar-refractivity contribution in [2.24, 2.45) is 5.92 Å². The summed E-state index contributed by atoms with van der Waals surface area (Å²) < 4.78 is 5.37. The molecule has 0 radical (unpaired) electrons. The summed E-state index contributed by atoms with van der Waals surface area (Å²) in [5.74, 6) is -0.195. The van der Waals surface area contributed by atoms with Crippen molar-refractivity contribution in [1.29, 1.82) is 0 Å². The molecular weight excluding hydrogens is 288 g/mol. The van der Waals surface area contributed by atoms with Gasteiger partial charge in [-0.05, 0) is 68.7 Å². The average Bonchev–Trinajstić information content (AvgIpc) is 2.75. The molecule has 0 spiro atoms. The third-order valence-corrected chi connectivity index (χ3v) is 5.06. The second kappa shape index (κ2) is 6.40. The highest BCUT2D eigenvalue weighted by atomic mass is 16.5. The zero-order valence-corrected chi connectivity index (χ0v) is 14.1. The first-order valence-corrected chi connectivity index (χ1v) is 8.41. The fourth-order valence-corrected chi connectivity index (χ4v) is 3.98. The molecule has 1 aliphatic carbocycles. The lowest BCUT2D eigenvalue weighted by molar-refractivity contribution is -0.123. The van der Waals surface area contributed by atoms with Crippen molar-refractivity contribution in [3.8, 4) is 0 Å². The molecule has 122 valence electrons. The molecule has 0 amide bonds. The van der Waals surface area contributed by atoms with Gasteiger partial charge in [0.1, 0.15) is 5.92 Å². The average molecular weight is 312 g/mol. The van der Waals surface area contributed by atoms with Crippen molar-refractivity contribution in [3.05, 3.63) is 46.0 Å². The highest BCUT2D eigenvalue weighted by Gasteiger charge is 2.38. The van der Waals surface area contributed by atoms with Gasteiger partial charge in [-0.1, -0.05) is 17.7 Å². The van der Waals surface area contributed by atoms with Gasteiger partial charge in [-0.3, -0.25) is 9.59 Å². The van der Waals surface area contributed by atoms with Crippen molar-refractivity contribution in [2.75, 3.05) is 13.2 Å². The standard InChI is InChI=1S/C20H24O3/c1-12-8-13(2)18(14(3)9-12)19-17(21)11-16(20(19)22)10-15-4-6-23-7-5-15/h8-9,11,15,19H,4-7,10H2,1-3H3. The Labute approximate surface area is 137 Å². The maximum Gasteiger partial charge on any atom is 0.174 e. The highest BCUT2D eigenvalue weighted by molar-refractivity contribution is 6.25. The van der Waals surface area contributed by atoms with Gasteiger partial charge in [0.25, 0.3) is 0 Å². The first kappa shape index (κ1) is 16.1. The van der Waals surface area contributed by atoms with Crippen LogP contribution in [0.15, 0.2) is 23.8 Å². The molecule has 23 heavy (non-hydrogen) atoms. The lowest BCUT2D eigenvalue weighted by atomic mass is 9.84. The first-order valence-electron chi connectivity index (χ1n) is 8.41. The van der Waals surface area contributed by atoms with Crippen LogP contribution < -0.4 is 0 Å². The van der Waals surface area contributed by atoms with E-state index in [1.807, 2.05) is 20.8 Å². The van der Waals surface area contributed by atoms with Crippen LogP contribution in [0, 0.1) is 26.7 Å². The van der Waals surface area contributed by atoms with Crippen molar-refractivity contribution in [1.82, 2.24) is 0 Å². The summed E-state index contributed by atoms with van der Waals surface area (Å²) in [5, 5.41) is 0. The number of carbonyl (C=O) groups is 2. The Hall–Kier alpha value is -1.74. The maximum atomic E-state index is 12.9. The molecule has 1 aromatic carbocycles. The molecular formula is C20H24O3. The molecule has 1 heterocycles. The SMILES string of the molecule is Cc1cc(C)c(C2C(=O)C=C(CC3CCOCC3)C2=O)c(C)c1. The number of carbonyl (C=O) groups excluding carboxylic acids is 2. The minimum absolute atomic E-state index is 0.0107. The van der Waals surface area contributed by atoms with E-state index in [1.54, 1.807) is 6.08 Å². The predicted molar refractivity (Wildman–Crippen MR) is 89.7 cm³/mol. The van der Waals surface area contributed by atoms with Crippen LogP contribution in [0.2, 0.25) is 0 Å². The molecule has 1 unspecified atom stereocenters. The van der Waals surface area contributed by atoms with E-state index in [9.17, 15) is 9.59 Å². The minimum Gasteiger partial charge on any atom is -0.381 e. The van der Waals surface area contributed by atoms with Gasteiger partial charge >= 0.3 is 0 Å². The minimum atomic E-state index is -0.620. The smallest absolute Gasteiger partial charge is 0.174 e. The molecule has 3 nitrogen and oxygen atoms in total. The van der Waals surface area contributed by atoms with Crippen molar-refractivity contribution < 1.29 is 14.3 Å². The topological polar surface area (TPSA) is 43.4 Å². The Morgan fingerprint density at radius 3 is 2.26 bits per heavy atom. The number of Topliss-reactive ketones (excluding diaryl/α,β-unsaturated/α-hetero) is 1. The zero-order valence-electron chi connectivity index (χ0n) is 14.1. The van der Waals surface area contributed by atoms with Gasteiger partial charge in [0.05, 0.1) is 0 Å². The van der Waals surface area contributed by atoms with E-state index in [4.69, 9.17) is 4.74 Å². The predicted octanol–water partition coefficient (Wildman–Crippen LogP) is 3.59. The van der Waals surface area contributed by atoms with Crippen LogP contribution in [0.3, 0.4) is 0 Å². The van der Waals surface area contributed by atoms with Gasteiger partial charge in [0, 0.05) is 18.8 Å². The van der Waals surface area contributed by atoms with Crippen LogP contribution in [0.5, 0.6) is 0 Å². The molecule has 1 fully saturated rings. The monoisotopic (exact) mass is 312 g/mol. The van der Waals surface area contributed by atoms with E-state index in [0.717, 1.165) is 48.3 Å². The lowest BCUT2D eigenvalue weighted by Crippen LogP contribution is -2.20. The highest BCUT2D eigenvalue weighted by Crippen LogP contribution is 2.36. The number of allylic oxidation sites excluding steroid dienone is 2. The lowest BCUT2D eigenvalue weighted by Gasteiger charge is -2.22. The van der Waals surface area contributed by atoms with Crippen LogP contribution in [0.1, 0.15) is 47.4 Å². The van der Waals surface area contributed by atoms with Gasteiger partial charge in [-0.15, -0.1) is 0 Å². The molecule has 0 bridgehead atoms. The molecule has 3 rings (SSSR count). The number of rotatable bonds is 3. The van der Waals surface area contributed by atoms with Crippen LogP contribution >= 0.6 is 0 Å². The number of ketones is 2. The number of aryl methyl sites for hydroxylation is 3. The maximum absolute atomic E-state index is 12.9. The molecule has 0 aromatic heterocycles. The summed E-state index contributed by atoms with van der Waals surface area (Å²) in [6.45, 7) is 7.55. The van der Waals surface area contributed by atoms with Crippen LogP contribution in [0.4, 0.5) is 0 Å². The van der Waals surface area contributed by atoms with E-state index in [-0.39, 0.29) is 11.6 Å². The van der Waals surface area contributed by atoms with E-state index < -0.39 is 5.92 Å². The summed E-state index contributed by atoms with van der Waals surface area (Å²) in [6, 6.07) is 4.11. The van der Waals surface area contributed by atoms with Gasteiger partial charge < -0.3 is 4.74 Å². The third-order valence-electron chi connectivity index (χ3n) is 5.06. The summed E-state index contributed by atoms with van der Waals surface area (Å²) in [4.78, 5) is 25.4. The largest absolute Gasteiger partial charge is 0.381 e. The van der Waals surface area contributed by atoms with Crippen molar-refractivity contribution >= 4 is 11.6 Å². The first-order chi connectivity index (χ1) is 11.0. The fraction of sp³-hybridized carbons (Fsp3) is 0.500. The van der Waals surface area contributed by atoms with Crippen molar-refractivity contribution in [2.45, 2.75) is 46.0 Å². The Morgan fingerprint density at radius 2 is 1.65 bits per heavy atom. The Balaban J connectivity index is 1.84. The zero-order chi connectivity index (χ0) is 16.6.